The number of hydrogen-bond donors (Lipinski definition) is 3. The molecule has 0 unspecified atom stereocenters. The van der Waals surface area contributed by atoms with Gasteiger partial charge in [0, 0.05) is 35.1 Å². The third-order valence-corrected chi connectivity index (χ3v) is 5.05. The zero-order valence-corrected chi connectivity index (χ0v) is 16.1. The lowest BCUT2D eigenvalue weighted by Gasteiger charge is -2.16. The van der Waals surface area contributed by atoms with Crippen LogP contribution >= 0.6 is 11.6 Å². The van der Waals surface area contributed by atoms with E-state index in [0.29, 0.717) is 41.7 Å². The van der Waals surface area contributed by atoms with E-state index in [2.05, 4.69) is 15.3 Å². The molecule has 0 fully saturated rings. The lowest BCUT2D eigenvalue weighted by atomic mass is 10.2. The Morgan fingerprint density at radius 2 is 2.07 bits per heavy atom. The fourth-order valence-electron chi connectivity index (χ4n) is 3.38. The summed E-state index contributed by atoms with van der Waals surface area (Å²) in [6.07, 6.45) is -0.508. The molecular formula is C19H18ClN5O4. The molecule has 2 aromatic heterocycles. The van der Waals surface area contributed by atoms with Crippen LogP contribution in [0.1, 0.15) is 28.4 Å². The highest BCUT2D eigenvalue weighted by molar-refractivity contribution is 6.31. The molecule has 1 aromatic carbocycles. The number of aromatic nitrogens is 3. The number of benzene rings is 1. The van der Waals surface area contributed by atoms with Gasteiger partial charge in [0.05, 0.1) is 18.8 Å². The fourth-order valence-corrected chi connectivity index (χ4v) is 3.56. The van der Waals surface area contributed by atoms with Gasteiger partial charge in [0.2, 0.25) is 0 Å². The molecule has 10 heteroatoms. The molecule has 3 N–H and O–H groups in total. The van der Waals surface area contributed by atoms with Gasteiger partial charge >= 0.3 is 6.09 Å². The fraction of sp³-hybridized carbons (Fsp3) is 0.263. The number of nitrogens with one attached hydrogen (secondary N) is 2. The quantitative estimate of drug-likeness (QED) is 0.605. The van der Waals surface area contributed by atoms with Crippen LogP contribution in [0.2, 0.25) is 5.02 Å². The Morgan fingerprint density at radius 3 is 2.86 bits per heavy atom. The number of H-pyrrole nitrogens is 1. The number of aromatic amines is 1. The maximum Gasteiger partial charge on any atom is 0.407 e. The van der Waals surface area contributed by atoms with E-state index >= 15 is 0 Å². The molecule has 3 aromatic rings. The second kappa shape index (κ2) is 7.59. The average Bonchev–Trinajstić information content (AvgIpc) is 2.97. The molecule has 29 heavy (non-hydrogen) atoms. The monoisotopic (exact) mass is 415 g/mol. The Bertz CT molecular complexity index is 1170. The molecule has 2 amide bonds. The van der Waals surface area contributed by atoms with E-state index in [9.17, 15) is 19.5 Å². The molecule has 1 aliphatic heterocycles. The van der Waals surface area contributed by atoms with Crippen molar-refractivity contribution in [1.82, 2.24) is 24.8 Å². The van der Waals surface area contributed by atoms with Gasteiger partial charge < -0.3 is 20.3 Å². The normalized spacial score (nSPS) is 13.8. The van der Waals surface area contributed by atoms with Crippen LogP contribution in [-0.4, -0.2) is 43.1 Å². The van der Waals surface area contributed by atoms with Gasteiger partial charge in [-0.25, -0.2) is 9.78 Å². The van der Waals surface area contributed by atoms with Crippen LogP contribution in [0.4, 0.5) is 4.79 Å². The zero-order chi connectivity index (χ0) is 20.5. The van der Waals surface area contributed by atoms with Gasteiger partial charge in [-0.05, 0) is 30.7 Å². The first-order valence-electron chi connectivity index (χ1n) is 9.05. The van der Waals surface area contributed by atoms with Crippen LogP contribution in [0, 0.1) is 0 Å². The van der Waals surface area contributed by atoms with Crippen LogP contribution < -0.4 is 10.9 Å². The van der Waals surface area contributed by atoms with Crippen LogP contribution in [-0.2, 0) is 19.6 Å². The molecule has 4 rings (SSSR count). The Kier molecular flexibility index (Phi) is 4.98. The lowest BCUT2D eigenvalue weighted by Crippen LogP contribution is -2.32. The van der Waals surface area contributed by atoms with Gasteiger partial charge in [-0.2, -0.15) is 0 Å². The Labute approximate surface area is 169 Å². The minimum atomic E-state index is -1.05. The topological polar surface area (TPSA) is 120 Å². The summed E-state index contributed by atoms with van der Waals surface area (Å²) in [4.78, 5) is 44.8. The van der Waals surface area contributed by atoms with Gasteiger partial charge in [0.15, 0.2) is 0 Å². The predicted octanol–water partition coefficient (Wildman–Crippen LogP) is 2.19. The van der Waals surface area contributed by atoms with Crippen molar-refractivity contribution in [3.05, 3.63) is 62.9 Å². The van der Waals surface area contributed by atoms with Gasteiger partial charge in [0.25, 0.3) is 11.5 Å². The van der Waals surface area contributed by atoms with E-state index in [-0.39, 0.29) is 24.6 Å². The number of carbonyl (C=O) groups is 2. The second-order valence-electron chi connectivity index (χ2n) is 6.81. The number of fused-ring (bicyclic) bond motifs is 2. The Balaban J connectivity index is 1.52. The van der Waals surface area contributed by atoms with E-state index in [0.717, 1.165) is 10.9 Å². The van der Waals surface area contributed by atoms with Gasteiger partial charge in [-0.3, -0.25) is 14.2 Å². The second-order valence-corrected chi connectivity index (χ2v) is 7.24. The third kappa shape index (κ3) is 3.95. The number of halogens is 1. The summed E-state index contributed by atoms with van der Waals surface area (Å²) in [6.45, 7) is 0.837. The largest absolute Gasteiger partial charge is 0.465 e. The molecule has 0 saturated carbocycles. The summed E-state index contributed by atoms with van der Waals surface area (Å²) in [5.74, 6) is 0.0308. The lowest BCUT2D eigenvalue weighted by molar-refractivity contribution is 0.0946. The first-order valence-corrected chi connectivity index (χ1v) is 9.42. The highest BCUT2D eigenvalue weighted by Crippen LogP contribution is 2.20. The Morgan fingerprint density at radius 1 is 1.24 bits per heavy atom. The molecule has 9 nitrogen and oxygen atoms in total. The van der Waals surface area contributed by atoms with Crippen LogP contribution in [0.5, 0.6) is 0 Å². The van der Waals surface area contributed by atoms with Crippen molar-refractivity contribution in [2.24, 2.45) is 0 Å². The molecular weight excluding hydrogens is 398 g/mol. The molecule has 0 bridgehead atoms. The summed E-state index contributed by atoms with van der Waals surface area (Å²) >= 11 is 5.97. The van der Waals surface area contributed by atoms with Crippen LogP contribution in [0.3, 0.4) is 0 Å². The van der Waals surface area contributed by atoms with Gasteiger partial charge in [0.1, 0.15) is 11.5 Å². The summed E-state index contributed by atoms with van der Waals surface area (Å²) < 4.78 is 1.48. The summed E-state index contributed by atoms with van der Waals surface area (Å²) in [6, 6.07) is 8.34. The van der Waals surface area contributed by atoms with Crippen molar-refractivity contribution in [3.8, 4) is 0 Å². The number of carboxylic acid groups (broad SMARTS) is 1. The van der Waals surface area contributed by atoms with Crippen molar-refractivity contribution >= 4 is 34.5 Å². The zero-order valence-electron chi connectivity index (χ0n) is 15.3. The van der Waals surface area contributed by atoms with Crippen molar-refractivity contribution in [2.45, 2.75) is 26.1 Å². The maximum absolute atomic E-state index is 12.5. The average molecular weight is 416 g/mol. The van der Waals surface area contributed by atoms with Crippen LogP contribution in [0.15, 0.2) is 35.1 Å². The van der Waals surface area contributed by atoms with E-state index < -0.39 is 6.09 Å². The molecule has 0 atom stereocenters. The highest BCUT2D eigenvalue weighted by Gasteiger charge is 2.20. The first kappa shape index (κ1) is 19.0. The van der Waals surface area contributed by atoms with Crippen molar-refractivity contribution in [2.75, 3.05) is 6.54 Å². The third-order valence-electron chi connectivity index (χ3n) is 4.81. The van der Waals surface area contributed by atoms with Gasteiger partial charge in [-0.1, -0.05) is 11.6 Å². The standard InChI is InChI=1S/C19H18ClN5O4/c20-12-2-3-14-11(6-12)7-15(23-14)18(27)21-9-13-8-17(26)25-5-1-4-24(19(28)29)10-16(25)22-13/h2-3,6-8,23H,1,4-5,9-10H2,(H,21,27)(H,28,29). The number of nitrogens with zero attached hydrogens (tertiary/aromatic N) is 3. The van der Waals surface area contributed by atoms with E-state index in [4.69, 9.17) is 11.6 Å². The molecule has 0 saturated heterocycles. The molecule has 0 aliphatic carbocycles. The number of carbonyl (C=O) groups excluding carboxylic acids is 1. The van der Waals surface area contributed by atoms with E-state index in [1.54, 1.807) is 24.3 Å². The smallest absolute Gasteiger partial charge is 0.407 e. The molecule has 1 aliphatic rings. The van der Waals surface area contributed by atoms with Crippen molar-refractivity contribution in [3.63, 3.8) is 0 Å². The number of rotatable bonds is 3. The van der Waals surface area contributed by atoms with Crippen molar-refractivity contribution in [1.29, 1.82) is 0 Å². The highest BCUT2D eigenvalue weighted by atomic mass is 35.5. The summed E-state index contributed by atoms with van der Waals surface area (Å²) in [5, 5.41) is 13.4. The van der Waals surface area contributed by atoms with Crippen LogP contribution in [0.25, 0.3) is 10.9 Å². The molecule has 150 valence electrons. The van der Waals surface area contributed by atoms with E-state index in [1.807, 2.05) is 0 Å². The Hall–Kier alpha value is -3.33. The van der Waals surface area contributed by atoms with Gasteiger partial charge in [-0.15, -0.1) is 0 Å². The first-order chi connectivity index (χ1) is 13.9. The van der Waals surface area contributed by atoms with Crippen molar-refractivity contribution < 1.29 is 14.7 Å². The predicted molar refractivity (Wildman–Crippen MR) is 106 cm³/mol. The minimum absolute atomic E-state index is 0.0368. The summed E-state index contributed by atoms with van der Waals surface area (Å²) in [5.41, 5.74) is 1.27. The number of hydrogen-bond acceptors (Lipinski definition) is 4. The molecule has 0 spiro atoms. The molecule has 0 radical (unpaired) electrons. The maximum atomic E-state index is 12.5. The minimum Gasteiger partial charge on any atom is -0.465 e. The SMILES string of the molecule is O=C(NCc1cc(=O)n2c(n1)CN(C(=O)O)CCC2)c1cc2cc(Cl)ccc2[nH]1. The summed E-state index contributed by atoms with van der Waals surface area (Å²) in [7, 11) is 0. The molecule has 3 heterocycles. The number of amides is 2. The van der Waals surface area contributed by atoms with E-state index in [1.165, 1.54) is 15.5 Å².